The summed E-state index contributed by atoms with van der Waals surface area (Å²) in [5.41, 5.74) is 1.26. The Balaban J connectivity index is 1.84. The molecule has 0 bridgehead atoms. The van der Waals surface area contributed by atoms with Crippen LogP contribution in [0, 0.1) is 6.92 Å². The predicted octanol–water partition coefficient (Wildman–Crippen LogP) is 1.68. The van der Waals surface area contributed by atoms with E-state index in [2.05, 4.69) is 25.0 Å². The first kappa shape index (κ1) is 13.4. The predicted molar refractivity (Wildman–Crippen MR) is 72.4 cm³/mol. The first-order valence-corrected chi connectivity index (χ1v) is 6.62. The maximum Gasteiger partial charge on any atom is 0.358 e. The SMILES string of the molecule is COC(=O)c1cnc(NCCc2csc(C)n2)cn1. The summed E-state index contributed by atoms with van der Waals surface area (Å²) in [6.07, 6.45) is 3.73. The van der Waals surface area contributed by atoms with E-state index in [1.165, 1.54) is 19.5 Å². The van der Waals surface area contributed by atoms with Crippen LogP contribution >= 0.6 is 11.3 Å². The Kier molecular flexibility index (Phi) is 4.40. The van der Waals surface area contributed by atoms with Crippen LogP contribution in [-0.4, -0.2) is 34.6 Å². The minimum Gasteiger partial charge on any atom is -0.464 e. The van der Waals surface area contributed by atoms with Gasteiger partial charge in [-0.2, -0.15) is 0 Å². The summed E-state index contributed by atoms with van der Waals surface area (Å²) in [6.45, 7) is 2.70. The summed E-state index contributed by atoms with van der Waals surface area (Å²) in [4.78, 5) is 23.6. The minimum atomic E-state index is -0.489. The fourth-order valence-electron chi connectivity index (χ4n) is 1.47. The molecule has 0 unspecified atom stereocenters. The summed E-state index contributed by atoms with van der Waals surface area (Å²) < 4.78 is 4.55. The highest BCUT2D eigenvalue weighted by Crippen LogP contribution is 2.09. The molecule has 0 saturated carbocycles. The number of hydrogen-bond acceptors (Lipinski definition) is 7. The lowest BCUT2D eigenvalue weighted by molar-refractivity contribution is 0.0593. The van der Waals surface area contributed by atoms with Crippen LogP contribution in [0.4, 0.5) is 5.82 Å². The average Bonchev–Trinajstić information content (AvgIpc) is 2.84. The summed E-state index contributed by atoms with van der Waals surface area (Å²) >= 11 is 1.64. The first-order chi connectivity index (χ1) is 9.19. The normalized spacial score (nSPS) is 10.2. The Morgan fingerprint density at radius 3 is 2.84 bits per heavy atom. The van der Waals surface area contributed by atoms with Gasteiger partial charge < -0.3 is 10.1 Å². The van der Waals surface area contributed by atoms with Crippen molar-refractivity contribution in [1.82, 2.24) is 15.0 Å². The van der Waals surface area contributed by atoms with Crippen molar-refractivity contribution in [3.8, 4) is 0 Å². The molecule has 7 heteroatoms. The lowest BCUT2D eigenvalue weighted by Gasteiger charge is -2.04. The molecule has 6 nitrogen and oxygen atoms in total. The summed E-state index contributed by atoms with van der Waals surface area (Å²) in [5.74, 6) is 0.136. The molecule has 0 fully saturated rings. The molecule has 0 aromatic carbocycles. The molecule has 0 aliphatic heterocycles. The van der Waals surface area contributed by atoms with Crippen LogP contribution in [0.5, 0.6) is 0 Å². The van der Waals surface area contributed by atoms with Crippen molar-refractivity contribution in [2.24, 2.45) is 0 Å². The molecule has 2 rings (SSSR count). The number of rotatable bonds is 5. The Bertz CT molecular complexity index is 553. The van der Waals surface area contributed by atoms with Crippen molar-refractivity contribution < 1.29 is 9.53 Å². The van der Waals surface area contributed by atoms with Gasteiger partial charge in [0.25, 0.3) is 0 Å². The first-order valence-electron chi connectivity index (χ1n) is 5.74. The number of aromatic nitrogens is 3. The van der Waals surface area contributed by atoms with Gasteiger partial charge in [-0.3, -0.25) is 0 Å². The Morgan fingerprint density at radius 2 is 2.26 bits per heavy atom. The van der Waals surface area contributed by atoms with E-state index in [-0.39, 0.29) is 5.69 Å². The second-order valence-electron chi connectivity index (χ2n) is 3.81. The molecule has 2 aromatic rings. The monoisotopic (exact) mass is 278 g/mol. The highest BCUT2D eigenvalue weighted by Gasteiger charge is 2.07. The lowest BCUT2D eigenvalue weighted by atomic mass is 10.3. The number of nitrogens with one attached hydrogen (secondary N) is 1. The maximum atomic E-state index is 11.2. The quantitative estimate of drug-likeness (QED) is 0.839. The highest BCUT2D eigenvalue weighted by molar-refractivity contribution is 7.09. The zero-order chi connectivity index (χ0) is 13.7. The topological polar surface area (TPSA) is 77.0 Å². The molecule has 19 heavy (non-hydrogen) atoms. The molecule has 0 spiro atoms. The third-order valence-electron chi connectivity index (χ3n) is 2.40. The van der Waals surface area contributed by atoms with E-state index in [0.29, 0.717) is 5.82 Å². The Labute approximate surface area is 114 Å². The van der Waals surface area contributed by atoms with Crippen molar-refractivity contribution in [2.45, 2.75) is 13.3 Å². The van der Waals surface area contributed by atoms with Gasteiger partial charge >= 0.3 is 5.97 Å². The number of carbonyl (C=O) groups is 1. The van der Waals surface area contributed by atoms with Crippen LogP contribution in [0.1, 0.15) is 21.2 Å². The third kappa shape index (κ3) is 3.72. The molecular formula is C12H14N4O2S. The summed E-state index contributed by atoms with van der Waals surface area (Å²) in [7, 11) is 1.31. The molecule has 0 atom stereocenters. The Morgan fingerprint density at radius 1 is 1.42 bits per heavy atom. The number of anilines is 1. The lowest BCUT2D eigenvalue weighted by Crippen LogP contribution is -2.09. The number of thiazole rings is 1. The largest absolute Gasteiger partial charge is 0.464 e. The Hall–Kier alpha value is -2.02. The molecule has 0 amide bonds. The van der Waals surface area contributed by atoms with Crippen LogP contribution in [0.2, 0.25) is 0 Å². The van der Waals surface area contributed by atoms with Crippen LogP contribution in [-0.2, 0) is 11.2 Å². The van der Waals surface area contributed by atoms with Gasteiger partial charge in [0.05, 0.1) is 30.2 Å². The minimum absolute atomic E-state index is 0.197. The van der Waals surface area contributed by atoms with Gasteiger partial charge in [-0.25, -0.2) is 19.7 Å². The van der Waals surface area contributed by atoms with Crippen molar-refractivity contribution in [3.63, 3.8) is 0 Å². The molecule has 0 aliphatic rings. The maximum absolute atomic E-state index is 11.2. The number of ether oxygens (including phenoxy) is 1. The van der Waals surface area contributed by atoms with Crippen molar-refractivity contribution in [3.05, 3.63) is 34.2 Å². The van der Waals surface area contributed by atoms with Crippen molar-refractivity contribution >= 4 is 23.1 Å². The highest BCUT2D eigenvalue weighted by atomic mass is 32.1. The van der Waals surface area contributed by atoms with Gasteiger partial charge in [0.15, 0.2) is 5.69 Å². The molecule has 1 N–H and O–H groups in total. The van der Waals surface area contributed by atoms with Gasteiger partial charge in [0.1, 0.15) is 5.82 Å². The van der Waals surface area contributed by atoms with Crippen molar-refractivity contribution in [1.29, 1.82) is 0 Å². The standard InChI is InChI=1S/C12H14N4O2S/c1-8-16-9(7-19-8)3-4-13-11-6-14-10(5-15-11)12(17)18-2/h5-7H,3-4H2,1-2H3,(H,13,15). The molecular weight excluding hydrogens is 264 g/mol. The number of esters is 1. The summed E-state index contributed by atoms with van der Waals surface area (Å²) in [5, 5.41) is 6.24. The van der Waals surface area contributed by atoms with Gasteiger partial charge in [-0.1, -0.05) is 0 Å². The number of carbonyl (C=O) groups excluding carboxylic acids is 1. The van der Waals surface area contributed by atoms with Crippen molar-refractivity contribution in [2.75, 3.05) is 19.0 Å². The van der Waals surface area contributed by atoms with E-state index in [4.69, 9.17) is 0 Å². The molecule has 0 radical (unpaired) electrons. The van der Waals surface area contributed by atoms with Crippen LogP contribution in [0.15, 0.2) is 17.8 Å². The van der Waals surface area contributed by atoms with E-state index in [1.54, 1.807) is 11.3 Å². The second kappa shape index (κ2) is 6.24. The van der Waals surface area contributed by atoms with Gasteiger partial charge in [-0.15, -0.1) is 11.3 Å². The molecule has 0 aliphatic carbocycles. The summed E-state index contributed by atoms with van der Waals surface area (Å²) in [6, 6.07) is 0. The second-order valence-corrected chi connectivity index (χ2v) is 4.88. The van der Waals surface area contributed by atoms with E-state index >= 15 is 0 Å². The van der Waals surface area contributed by atoms with Gasteiger partial charge in [0.2, 0.25) is 0 Å². The van der Waals surface area contributed by atoms with Crippen LogP contribution in [0.3, 0.4) is 0 Å². The van der Waals surface area contributed by atoms with E-state index in [9.17, 15) is 4.79 Å². The number of aryl methyl sites for hydroxylation is 1. The fourth-order valence-corrected chi connectivity index (χ4v) is 2.12. The zero-order valence-corrected chi connectivity index (χ0v) is 11.5. The van der Waals surface area contributed by atoms with Gasteiger partial charge in [0, 0.05) is 18.3 Å². The van der Waals surface area contributed by atoms with Gasteiger partial charge in [-0.05, 0) is 6.92 Å². The molecule has 2 heterocycles. The third-order valence-corrected chi connectivity index (χ3v) is 3.22. The zero-order valence-electron chi connectivity index (χ0n) is 10.7. The smallest absolute Gasteiger partial charge is 0.358 e. The molecule has 0 saturated heterocycles. The fraction of sp³-hybridized carbons (Fsp3) is 0.333. The average molecular weight is 278 g/mol. The van der Waals surface area contributed by atoms with Crippen LogP contribution in [0.25, 0.3) is 0 Å². The molecule has 100 valence electrons. The van der Waals surface area contributed by atoms with E-state index in [0.717, 1.165) is 23.7 Å². The number of methoxy groups -OCH3 is 1. The number of hydrogen-bond donors (Lipinski definition) is 1. The number of nitrogens with zero attached hydrogens (tertiary/aromatic N) is 3. The van der Waals surface area contributed by atoms with E-state index < -0.39 is 5.97 Å². The molecule has 2 aromatic heterocycles. The van der Waals surface area contributed by atoms with E-state index in [1.807, 2.05) is 12.3 Å². The van der Waals surface area contributed by atoms with Crippen LogP contribution < -0.4 is 5.32 Å².